The van der Waals surface area contributed by atoms with Crippen molar-refractivity contribution in [2.75, 3.05) is 6.61 Å². The molecule has 0 aliphatic rings. The molecule has 0 aliphatic carbocycles. The minimum atomic E-state index is -0.498. The van der Waals surface area contributed by atoms with Gasteiger partial charge in [-0.25, -0.2) is 0 Å². The first-order chi connectivity index (χ1) is 9.31. The number of esters is 1. The SMILES string of the molecule is CC(=O)CC(=O)OC/C(C)=C(\C)c1ccc(Cl)c(Br)c1. The topological polar surface area (TPSA) is 43.4 Å². The Balaban J connectivity index is 2.76. The molecule has 0 atom stereocenters. The van der Waals surface area contributed by atoms with Gasteiger partial charge in [0, 0.05) is 4.47 Å². The van der Waals surface area contributed by atoms with E-state index in [-0.39, 0.29) is 18.8 Å². The number of halogens is 2. The minimum absolute atomic E-state index is 0.179. The Morgan fingerprint density at radius 1 is 1.25 bits per heavy atom. The molecule has 0 aliphatic heterocycles. The molecule has 0 saturated carbocycles. The van der Waals surface area contributed by atoms with Crippen LogP contribution in [0.3, 0.4) is 0 Å². The average Bonchev–Trinajstić information content (AvgIpc) is 2.37. The molecule has 20 heavy (non-hydrogen) atoms. The molecule has 0 unspecified atom stereocenters. The number of benzene rings is 1. The van der Waals surface area contributed by atoms with E-state index >= 15 is 0 Å². The summed E-state index contributed by atoms with van der Waals surface area (Å²) in [6.07, 6.45) is -0.182. The molecule has 0 fully saturated rings. The summed E-state index contributed by atoms with van der Waals surface area (Å²) in [6.45, 7) is 5.38. The van der Waals surface area contributed by atoms with Crippen molar-refractivity contribution in [1.82, 2.24) is 0 Å². The van der Waals surface area contributed by atoms with Gasteiger partial charge in [0.05, 0.1) is 5.02 Å². The first-order valence-corrected chi connectivity index (χ1v) is 7.25. The van der Waals surface area contributed by atoms with Crippen molar-refractivity contribution in [3.63, 3.8) is 0 Å². The Bertz CT molecular complexity index is 564. The lowest BCUT2D eigenvalue weighted by Crippen LogP contribution is -2.10. The number of carbonyl (C=O) groups is 2. The molecule has 1 rings (SSSR count). The van der Waals surface area contributed by atoms with Gasteiger partial charge < -0.3 is 4.74 Å². The predicted molar refractivity (Wildman–Crippen MR) is 83.7 cm³/mol. The summed E-state index contributed by atoms with van der Waals surface area (Å²) in [4.78, 5) is 22.1. The van der Waals surface area contributed by atoms with Crippen molar-refractivity contribution in [3.8, 4) is 0 Å². The predicted octanol–water partition coefficient (Wildman–Crippen LogP) is 4.42. The van der Waals surface area contributed by atoms with E-state index in [1.54, 1.807) is 6.07 Å². The first-order valence-electron chi connectivity index (χ1n) is 6.08. The highest BCUT2D eigenvalue weighted by molar-refractivity contribution is 9.10. The monoisotopic (exact) mass is 358 g/mol. The zero-order chi connectivity index (χ0) is 15.3. The fourth-order valence-electron chi connectivity index (χ4n) is 1.53. The summed E-state index contributed by atoms with van der Waals surface area (Å²) in [5.74, 6) is -0.697. The maximum Gasteiger partial charge on any atom is 0.313 e. The molecule has 108 valence electrons. The van der Waals surface area contributed by atoms with Crippen LogP contribution in [0.15, 0.2) is 28.2 Å². The number of hydrogen-bond donors (Lipinski definition) is 0. The second-order valence-corrected chi connectivity index (χ2v) is 5.84. The lowest BCUT2D eigenvalue weighted by molar-refractivity contribution is -0.144. The molecule has 1 aromatic carbocycles. The molecule has 0 saturated heterocycles. The molecule has 3 nitrogen and oxygen atoms in total. The number of rotatable bonds is 5. The van der Waals surface area contributed by atoms with E-state index in [0.717, 1.165) is 21.2 Å². The van der Waals surface area contributed by atoms with Gasteiger partial charge in [-0.1, -0.05) is 17.7 Å². The summed E-state index contributed by atoms with van der Waals surface area (Å²) >= 11 is 9.33. The van der Waals surface area contributed by atoms with E-state index in [0.29, 0.717) is 5.02 Å². The van der Waals surface area contributed by atoms with Crippen LogP contribution in [-0.4, -0.2) is 18.4 Å². The van der Waals surface area contributed by atoms with Crippen LogP contribution in [0.4, 0.5) is 0 Å². The van der Waals surface area contributed by atoms with Crippen LogP contribution in [0.25, 0.3) is 5.57 Å². The normalized spacial score (nSPS) is 11.8. The zero-order valence-electron chi connectivity index (χ0n) is 11.6. The Labute approximate surface area is 132 Å². The molecule has 0 spiro atoms. The van der Waals surface area contributed by atoms with Crippen LogP contribution >= 0.6 is 27.5 Å². The van der Waals surface area contributed by atoms with Gasteiger partial charge in [-0.2, -0.15) is 0 Å². The molecule has 0 heterocycles. The Morgan fingerprint density at radius 2 is 1.90 bits per heavy atom. The molecule has 0 radical (unpaired) electrons. The standard InChI is InChI=1S/C15H16BrClO3/c1-9(8-20-15(19)6-10(2)18)11(3)12-4-5-14(17)13(16)7-12/h4-5,7H,6,8H2,1-3H3/b11-9+. The zero-order valence-corrected chi connectivity index (χ0v) is 14.0. The number of allylic oxidation sites excluding steroid dienone is 1. The fraction of sp³-hybridized carbons (Fsp3) is 0.333. The van der Waals surface area contributed by atoms with Crippen LogP contribution in [0.2, 0.25) is 5.02 Å². The molecule has 0 N–H and O–H groups in total. The van der Waals surface area contributed by atoms with Gasteiger partial charge in [0.2, 0.25) is 0 Å². The third-order valence-corrected chi connectivity index (χ3v) is 4.05. The van der Waals surface area contributed by atoms with Gasteiger partial charge in [0.25, 0.3) is 0 Å². The summed E-state index contributed by atoms with van der Waals surface area (Å²) < 4.78 is 5.87. The summed E-state index contributed by atoms with van der Waals surface area (Å²) in [5, 5.41) is 0.645. The van der Waals surface area contributed by atoms with E-state index in [4.69, 9.17) is 16.3 Å². The van der Waals surface area contributed by atoms with Crippen molar-refractivity contribution in [2.45, 2.75) is 27.2 Å². The van der Waals surface area contributed by atoms with Gasteiger partial charge >= 0.3 is 5.97 Å². The highest BCUT2D eigenvalue weighted by Crippen LogP contribution is 2.27. The number of Topliss-reactive ketones (excluding diaryl/α,β-unsaturated/α-hetero) is 1. The highest BCUT2D eigenvalue weighted by atomic mass is 79.9. The Hall–Kier alpha value is -1.13. The number of ether oxygens (including phenoxy) is 1. The summed E-state index contributed by atoms with van der Waals surface area (Å²) in [6, 6.07) is 5.63. The lowest BCUT2D eigenvalue weighted by atomic mass is 10.0. The molecule has 0 bridgehead atoms. The largest absolute Gasteiger partial charge is 0.461 e. The third kappa shape index (κ3) is 5.10. The Kier molecular flexibility index (Phi) is 6.43. The first kappa shape index (κ1) is 16.9. The average molecular weight is 360 g/mol. The van der Waals surface area contributed by atoms with Crippen LogP contribution in [0.5, 0.6) is 0 Å². The van der Waals surface area contributed by atoms with Gasteiger partial charge in [-0.3, -0.25) is 9.59 Å². The maximum absolute atomic E-state index is 11.3. The van der Waals surface area contributed by atoms with E-state index in [1.165, 1.54) is 6.92 Å². The summed E-state index contributed by atoms with van der Waals surface area (Å²) in [5.41, 5.74) is 2.94. The van der Waals surface area contributed by atoms with Gasteiger partial charge in [-0.15, -0.1) is 0 Å². The fourth-order valence-corrected chi connectivity index (χ4v) is 2.02. The molecule has 0 aromatic heterocycles. The second kappa shape index (κ2) is 7.60. The van der Waals surface area contributed by atoms with Crippen molar-refractivity contribution < 1.29 is 14.3 Å². The second-order valence-electron chi connectivity index (χ2n) is 4.57. The van der Waals surface area contributed by atoms with Gasteiger partial charge in [-0.05, 0) is 65.5 Å². The number of ketones is 1. The molecular formula is C15H16BrClO3. The number of hydrogen-bond acceptors (Lipinski definition) is 3. The third-order valence-electron chi connectivity index (χ3n) is 2.84. The van der Waals surface area contributed by atoms with Crippen molar-refractivity contribution in [3.05, 3.63) is 38.8 Å². The van der Waals surface area contributed by atoms with E-state index < -0.39 is 5.97 Å². The van der Waals surface area contributed by atoms with Crippen molar-refractivity contribution >= 4 is 44.9 Å². The van der Waals surface area contributed by atoms with Crippen LogP contribution in [-0.2, 0) is 14.3 Å². The van der Waals surface area contributed by atoms with Crippen molar-refractivity contribution in [2.24, 2.45) is 0 Å². The molecule has 0 amide bonds. The van der Waals surface area contributed by atoms with Crippen LogP contribution in [0.1, 0.15) is 32.8 Å². The van der Waals surface area contributed by atoms with E-state index in [9.17, 15) is 9.59 Å². The van der Waals surface area contributed by atoms with Crippen LogP contribution in [0, 0.1) is 0 Å². The lowest BCUT2D eigenvalue weighted by Gasteiger charge is -2.10. The smallest absolute Gasteiger partial charge is 0.313 e. The summed E-state index contributed by atoms with van der Waals surface area (Å²) in [7, 11) is 0. The van der Waals surface area contributed by atoms with Gasteiger partial charge in [0.1, 0.15) is 18.8 Å². The molecule has 1 aromatic rings. The highest BCUT2D eigenvalue weighted by Gasteiger charge is 2.08. The molecular weight excluding hydrogens is 344 g/mol. The van der Waals surface area contributed by atoms with Crippen molar-refractivity contribution in [1.29, 1.82) is 0 Å². The van der Waals surface area contributed by atoms with E-state index in [1.807, 2.05) is 26.0 Å². The number of carbonyl (C=O) groups excluding carboxylic acids is 2. The van der Waals surface area contributed by atoms with Crippen LogP contribution < -0.4 is 0 Å². The quantitative estimate of drug-likeness (QED) is 0.577. The maximum atomic E-state index is 11.3. The van der Waals surface area contributed by atoms with Gasteiger partial charge in [0.15, 0.2) is 0 Å². The Morgan fingerprint density at radius 3 is 2.45 bits per heavy atom. The van der Waals surface area contributed by atoms with E-state index in [2.05, 4.69) is 15.9 Å². The minimum Gasteiger partial charge on any atom is -0.461 e. The molecule has 5 heteroatoms.